The first-order valence-corrected chi connectivity index (χ1v) is 4.52. The van der Waals surface area contributed by atoms with Crippen molar-refractivity contribution >= 4 is 0 Å². The highest BCUT2D eigenvalue weighted by Crippen LogP contribution is 2.14. The zero-order valence-corrected chi connectivity index (χ0v) is 8.80. The van der Waals surface area contributed by atoms with E-state index < -0.39 is 0 Å². The summed E-state index contributed by atoms with van der Waals surface area (Å²) in [5.74, 6) is 0. The molecular formula is C9H21NO3. The molecule has 0 heterocycles. The maximum atomic E-state index is 9.26. The fourth-order valence-electron chi connectivity index (χ4n) is 1.21. The molecule has 0 saturated carbocycles. The van der Waals surface area contributed by atoms with Gasteiger partial charge in [-0.05, 0) is 19.9 Å². The summed E-state index contributed by atoms with van der Waals surface area (Å²) in [7, 11) is 5.17. The van der Waals surface area contributed by atoms with Gasteiger partial charge >= 0.3 is 0 Å². The minimum Gasteiger partial charge on any atom is -0.394 e. The van der Waals surface area contributed by atoms with Gasteiger partial charge in [0.1, 0.15) is 0 Å². The fraction of sp³-hybridized carbons (Fsp3) is 1.00. The van der Waals surface area contributed by atoms with Crippen LogP contribution >= 0.6 is 0 Å². The number of aliphatic hydroxyl groups excluding tert-OH is 1. The van der Waals surface area contributed by atoms with Crippen molar-refractivity contribution in [1.29, 1.82) is 0 Å². The van der Waals surface area contributed by atoms with E-state index in [0.29, 0.717) is 13.2 Å². The number of ether oxygens (including phenoxy) is 2. The second-order valence-electron chi connectivity index (χ2n) is 3.17. The Bertz CT molecular complexity index is 105. The molecular weight excluding hydrogens is 170 g/mol. The highest BCUT2D eigenvalue weighted by molar-refractivity contribution is 4.85. The van der Waals surface area contributed by atoms with Gasteiger partial charge in [0, 0.05) is 33.0 Å². The molecule has 0 saturated heterocycles. The molecule has 0 aromatic carbocycles. The van der Waals surface area contributed by atoms with Crippen LogP contribution in [-0.2, 0) is 9.47 Å². The number of hydrogen-bond acceptors (Lipinski definition) is 4. The van der Waals surface area contributed by atoms with Crippen LogP contribution in [0.4, 0.5) is 0 Å². The average molecular weight is 191 g/mol. The van der Waals surface area contributed by atoms with Gasteiger partial charge < -0.3 is 19.9 Å². The highest BCUT2D eigenvalue weighted by Gasteiger charge is 2.26. The Kier molecular flexibility index (Phi) is 7.17. The topological polar surface area (TPSA) is 50.7 Å². The molecule has 80 valence electrons. The summed E-state index contributed by atoms with van der Waals surface area (Å²) < 4.78 is 9.98. The number of rotatable bonds is 8. The maximum absolute atomic E-state index is 9.26. The lowest BCUT2D eigenvalue weighted by Crippen LogP contribution is -2.48. The molecule has 0 aliphatic rings. The van der Waals surface area contributed by atoms with Gasteiger partial charge in [-0.2, -0.15) is 0 Å². The molecule has 0 spiro atoms. The van der Waals surface area contributed by atoms with Gasteiger partial charge in [-0.3, -0.25) is 0 Å². The molecule has 0 aromatic heterocycles. The molecule has 4 nitrogen and oxygen atoms in total. The Balaban J connectivity index is 3.97. The van der Waals surface area contributed by atoms with Crippen LogP contribution in [0.5, 0.6) is 0 Å². The van der Waals surface area contributed by atoms with Crippen LogP contribution in [0.2, 0.25) is 0 Å². The van der Waals surface area contributed by atoms with E-state index in [2.05, 4.69) is 5.32 Å². The predicted octanol–water partition coefficient (Wildman–Crippen LogP) is 0.00990. The molecule has 0 rings (SSSR count). The van der Waals surface area contributed by atoms with Crippen LogP contribution in [0.25, 0.3) is 0 Å². The average Bonchev–Trinajstić information content (AvgIpc) is 2.20. The summed E-state index contributed by atoms with van der Waals surface area (Å²) in [5, 5.41) is 12.4. The lowest BCUT2D eigenvalue weighted by Gasteiger charge is -2.31. The highest BCUT2D eigenvalue weighted by atomic mass is 16.5. The first kappa shape index (κ1) is 12.8. The summed E-state index contributed by atoms with van der Waals surface area (Å²) in [6.07, 6.45) is 1.58. The van der Waals surface area contributed by atoms with Crippen LogP contribution in [-0.4, -0.2) is 51.7 Å². The van der Waals surface area contributed by atoms with Crippen molar-refractivity contribution in [3.8, 4) is 0 Å². The zero-order valence-electron chi connectivity index (χ0n) is 8.80. The minimum atomic E-state index is -0.258. The molecule has 0 radical (unpaired) electrons. The van der Waals surface area contributed by atoms with Crippen molar-refractivity contribution < 1.29 is 14.6 Å². The van der Waals surface area contributed by atoms with Crippen molar-refractivity contribution in [1.82, 2.24) is 5.32 Å². The molecule has 0 amide bonds. The first-order chi connectivity index (χ1) is 6.24. The third kappa shape index (κ3) is 4.57. The number of likely N-dealkylation sites (N-methyl/N-ethyl adjacent to an activating group) is 1. The van der Waals surface area contributed by atoms with Crippen LogP contribution < -0.4 is 5.32 Å². The lowest BCUT2D eigenvalue weighted by molar-refractivity contribution is 0.0789. The van der Waals surface area contributed by atoms with E-state index >= 15 is 0 Å². The van der Waals surface area contributed by atoms with Crippen LogP contribution in [0.15, 0.2) is 0 Å². The van der Waals surface area contributed by atoms with Gasteiger partial charge in [0.15, 0.2) is 0 Å². The lowest BCUT2D eigenvalue weighted by atomic mass is 9.93. The molecule has 0 fully saturated rings. The normalized spacial score (nSPS) is 12.0. The van der Waals surface area contributed by atoms with Crippen LogP contribution in [0, 0.1) is 0 Å². The summed E-state index contributed by atoms with van der Waals surface area (Å²) in [6, 6.07) is 0. The molecule has 0 atom stereocenters. The van der Waals surface area contributed by atoms with E-state index in [-0.39, 0.29) is 12.1 Å². The van der Waals surface area contributed by atoms with Crippen molar-refractivity contribution in [3.05, 3.63) is 0 Å². The monoisotopic (exact) mass is 191 g/mol. The standard InChI is InChI=1S/C9H21NO3/c1-10-9(8-11,4-6-12-2)5-7-13-3/h10-11H,4-8H2,1-3H3. The quantitative estimate of drug-likeness (QED) is 0.567. The van der Waals surface area contributed by atoms with E-state index in [1.165, 1.54) is 0 Å². The van der Waals surface area contributed by atoms with Gasteiger partial charge in [0.05, 0.1) is 6.61 Å². The third-order valence-corrected chi connectivity index (χ3v) is 2.40. The first-order valence-electron chi connectivity index (χ1n) is 4.52. The Morgan fingerprint density at radius 3 is 1.85 bits per heavy atom. The second-order valence-corrected chi connectivity index (χ2v) is 3.17. The molecule has 13 heavy (non-hydrogen) atoms. The molecule has 2 N–H and O–H groups in total. The van der Waals surface area contributed by atoms with Crippen molar-refractivity contribution in [2.45, 2.75) is 18.4 Å². The fourth-order valence-corrected chi connectivity index (χ4v) is 1.21. The van der Waals surface area contributed by atoms with Crippen molar-refractivity contribution in [3.63, 3.8) is 0 Å². The van der Waals surface area contributed by atoms with E-state index in [0.717, 1.165) is 12.8 Å². The molecule has 4 heteroatoms. The van der Waals surface area contributed by atoms with E-state index in [4.69, 9.17) is 9.47 Å². The number of aliphatic hydroxyl groups is 1. The number of nitrogens with one attached hydrogen (secondary N) is 1. The largest absolute Gasteiger partial charge is 0.394 e. The third-order valence-electron chi connectivity index (χ3n) is 2.40. The van der Waals surface area contributed by atoms with Crippen LogP contribution in [0.3, 0.4) is 0 Å². The molecule has 0 aromatic rings. The molecule has 0 unspecified atom stereocenters. The van der Waals surface area contributed by atoms with Crippen LogP contribution in [0.1, 0.15) is 12.8 Å². The number of methoxy groups -OCH3 is 2. The van der Waals surface area contributed by atoms with E-state index in [9.17, 15) is 5.11 Å². The van der Waals surface area contributed by atoms with Gasteiger partial charge in [0.2, 0.25) is 0 Å². The number of hydrogen-bond donors (Lipinski definition) is 2. The van der Waals surface area contributed by atoms with Gasteiger partial charge in [-0.25, -0.2) is 0 Å². The SMILES string of the molecule is CNC(CO)(CCOC)CCOC. The molecule has 0 aliphatic carbocycles. The Morgan fingerprint density at radius 1 is 1.15 bits per heavy atom. The van der Waals surface area contributed by atoms with Gasteiger partial charge in [-0.1, -0.05) is 0 Å². The molecule has 0 bridgehead atoms. The van der Waals surface area contributed by atoms with E-state index in [1.54, 1.807) is 14.2 Å². The summed E-state index contributed by atoms with van der Waals surface area (Å²) >= 11 is 0. The summed E-state index contributed by atoms with van der Waals surface area (Å²) in [6.45, 7) is 1.40. The Hall–Kier alpha value is -0.160. The zero-order chi connectivity index (χ0) is 10.2. The Morgan fingerprint density at radius 2 is 1.62 bits per heavy atom. The summed E-state index contributed by atoms with van der Waals surface area (Å²) in [5.41, 5.74) is -0.258. The summed E-state index contributed by atoms with van der Waals surface area (Å²) in [4.78, 5) is 0. The van der Waals surface area contributed by atoms with Crippen molar-refractivity contribution in [2.75, 3.05) is 41.1 Å². The van der Waals surface area contributed by atoms with Gasteiger partial charge in [-0.15, -0.1) is 0 Å². The Labute approximate surface area is 80.2 Å². The smallest absolute Gasteiger partial charge is 0.0614 e. The van der Waals surface area contributed by atoms with Crippen molar-refractivity contribution in [2.24, 2.45) is 0 Å². The maximum Gasteiger partial charge on any atom is 0.0614 e. The minimum absolute atomic E-state index is 0.107. The predicted molar refractivity (Wildman–Crippen MR) is 51.9 cm³/mol. The van der Waals surface area contributed by atoms with E-state index in [1.807, 2.05) is 7.05 Å². The van der Waals surface area contributed by atoms with Gasteiger partial charge in [0.25, 0.3) is 0 Å². The molecule has 0 aliphatic heterocycles. The second kappa shape index (κ2) is 7.26.